The van der Waals surface area contributed by atoms with Crippen LogP contribution in [-0.4, -0.2) is 12.6 Å². The summed E-state index contributed by atoms with van der Waals surface area (Å²) in [6.07, 6.45) is 11.0. The Bertz CT molecular complexity index is 422. The van der Waals surface area contributed by atoms with E-state index in [1.54, 1.807) is 11.1 Å². The number of aryl methyl sites for hydroxylation is 1. The van der Waals surface area contributed by atoms with Crippen LogP contribution in [0.5, 0.6) is 0 Å². The van der Waals surface area contributed by atoms with Gasteiger partial charge in [0, 0.05) is 6.04 Å². The maximum Gasteiger partial charge on any atom is 0.00755 e. The molecule has 0 aromatic heterocycles. The Morgan fingerprint density at radius 2 is 2.00 bits per heavy atom. The van der Waals surface area contributed by atoms with Crippen molar-refractivity contribution in [3.05, 3.63) is 35.4 Å². The first-order chi connectivity index (χ1) is 9.86. The molecule has 3 rings (SSSR count). The maximum atomic E-state index is 3.82. The molecule has 0 bridgehead atoms. The lowest BCUT2D eigenvalue weighted by molar-refractivity contribution is 0.380. The largest absolute Gasteiger partial charge is 0.314 e. The minimum absolute atomic E-state index is 0.749. The molecule has 2 aliphatic rings. The molecular formula is C19H29N. The maximum absolute atomic E-state index is 3.82. The van der Waals surface area contributed by atoms with E-state index >= 15 is 0 Å². The summed E-state index contributed by atoms with van der Waals surface area (Å²) in [5, 5.41) is 3.82. The van der Waals surface area contributed by atoms with Gasteiger partial charge in [-0.05, 0) is 68.0 Å². The summed E-state index contributed by atoms with van der Waals surface area (Å²) in [7, 11) is 0. The summed E-state index contributed by atoms with van der Waals surface area (Å²) in [6, 6.07) is 9.91. The molecule has 1 saturated carbocycles. The number of rotatable bonds is 7. The van der Waals surface area contributed by atoms with Crippen molar-refractivity contribution in [2.45, 2.75) is 70.3 Å². The average Bonchev–Trinajstić information content (AvgIpc) is 3.29. The van der Waals surface area contributed by atoms with Gasteiger partial charge in [0.1, 0.15) is 0 Å². The Hall–Kier alpha value is -0.820. The van der Waals surface area contributed by atoms with Gasteiger partial charge in [-0.15, -0.1) is 0 Å². The highest BCUT2D eigenvalue weighted by Crippen LogP contribution is 2.38. The molecule has 20 heavy (non-hydrogen) atoms. The van der Waals surface area contributed by atoms with Gasteiger partial charge in [-0.2, -0.15) is 0 Å². The van der Waals surface area contributed by atoms with Crippen molar-refractivity contribution in [1.82, 2.24) is 5.32 Å². The molecule has 1 nitrogen and oxygen atoms in total. The van der Waals surface area contributed by atoms with Crippen LogP contribution >= 0.6 is 0 Å². The number of fused-ring (bicyclic) bond motifs is 1. The van der Waals surface area contributed by atoms with Crippen molar-refractivity contribution in [3.63, 3.8) is 0 Å². The van der Waals surface area contributed by atoms with Crippen LogP contribution < -0.4 is 5.32 Å². The third-order valence-electron chi connectivity index (χ3n) is 5.06. The Balaban J connectivity index is 1.65. The first-order valence-electron chi connectivity index (χ1n) is 8.68. The molecule has 110 valence electrons. The van der Waals surface area contributed by atoms with Crippen LogP contribution in [0.3, 0.4) is 0 Å². The third kappa shape index (κ3) is 3.63. The first-order valence-corrected chi connectivity index (χ1v) is 8.68. The van der Waals surface area contributed by atoms with Crippen molar-refractivity contribution in [2.24, 2.45) is 5.92 Å². The van der Waals surface area contributed by atoms with E-state index in [1.807, 2.05) is 0 Å². The summed E-state index contributed by atoms with van der Waals surface area (Å²) >= 11 is 0. The Morgan fingerprint density at radius 3 is 2.80 bits per heavy atom. The zero-order valence-electron chi connectivity index (χ0n) is 12.9. The second-order valence-corrected chi connectivity index (χ2v) is 6.85. The summed E-state index contributed by atoms with van der Waals surface area (Å²) < 4.78 is 0. The Labute approximate surface area is 124 Å². The van der Waals surface area contributed by atoms with Gasteiger partial charge in [-0.25, -0.2) is 0 Å². The molecule has 2 aliphatic carbocycles. The number of hydrogen-bond donors (Lipinski definition) is 1. The van der Waals surface area contributed by atoms with E-state index in [-0.39, 0.29) is 0 Å². The SMILES string of the molecule is CCCNC(CC1CC1)CC1CCCc2ccccc21. The van der Waals surface area contributed by atoms with Gasteiger partial charge in [0.05, 0.1) is 0 Å². The van der Waals surface area contributed by atoms with Crippen LogP contribution in [-0.2, 0) is 6.42 Å². The van der Waals surface area contributed by atoms with Crippen LogP contribution in [0, 0.1) is 5.92 Å². The molecule has 2 atom stereocenters. The second kappa shape index (κ2) is 6.76. The fourth-order valence-electron chi connectivity index (χ4n) is 3.81. The standard InChI is InChI=1S/C19H29N/c1-2-12-20-18(13-15-10-11-15)14-17-8-5-7-16-6-3-4-9-19(16)17/h3-4,6,9,15,17-18,20H,2,5,7-8,10-14H2,1H3. The molecule has 1 N–H and O–H groups in total. The topological polar surface area (TPSA) is 12.0 Å². The van der Waals surface area contributed by atoms with Crippen molar-refractivity contribution in [1.29, 1.82) is 0 Å². The number of nitrogens with one attached hydrogen (secondary N) is 1. The summed E-state index contributed by atoms with van der Waals surface area (Å²) in [5.41, 5.74) is 3.27. The van der Waals surface area contributed by atoms with Crippen LogP contribution in [0.25, 0.3) is 0 Å². The Morgan fingerprint density at radius 1 is 1.15 bits per heavy atom. The zero-order valence-corrected chi connectivity index (χ0v) is 12.9. The smallest absolute Gasteiger partial charge is 0.00755 e. The van der Waals surface area contributed by atoms with Gasteiger partial charge in [0.15, 0.2) is 0 Å². The molecule has 0 radical (unpaired) electrons. The van der Waals surface area contributed by atoms with Gasteiger partial charge in [0.2, 0.25) is 0 Å². The van der Waals surface area contributed by atoms with Crippen molar-refractivity contribution >= 4 is 0 Å². The minimum atomic E-state index is 0.749. The lowest BCUT2D eigenvalue weighted by Crippen LogP contribution is -2.32. The van der Waals surface area contributed by atoms with Gasteiger partial charge in [-0.3, -0.25) is 0 Å². The molecule has 0 heterocycles. The number of hydrogen-bond acceptors (Lipinski definition) is 1. The van der Waals surface area contributed by atoms with Crippen LogP contribution in [0.15, 0.2) is 24.3 Å². The fourth-order valence-corrected chi connectivity index (χ4v) is 3.81. The van der Waals surface area contributed by atoms with Crippen LogP contribution in [0.1, 0.15) is 68.9 Å². The highest BCUT2D eigenvalue weighted by Gasteiger charge is 2.28. The Kier molecular flexibility index (Phi) is 4.77. The quantitative estimate of drug-likeness (QED) is 0.760. The lowest BCUT2D eigenvalue weighted by Gasteiger charge is -2.29. The summed E-state index contributed by atoms with van der Waals surface area (Å²) in [6.45, 7) is 3.46. The molecule has 1 aromatic carbocycles. The van der Waals surface area contributed by atoms with E-state index in [0.717, 1.165) is 17.9 Å². The summed E-state index contributed by atoms with van der Waals surface area (Å²) in [5.74, 6) is 1.83. The van der Waals surface area contributed by atoms with Crippen LogP contribution in [0.2, 0.25) is 0 Å². The predicted octanol–water partition coefficient (Wildman–Crippen LogP) is 4.66. The molecule has 0 aliphatic heterocycles. The average molecular weight is 271 g/mol. The zero-order chi connectivity index (χ0) is 13.8. The van der Waals surface area contributed by atoms with E-state index in [4.69, 9.17) is 0 Å². The molecule has 0 spiro atoms. The third-order valence-corrected chi connectivity index (χ3v) is 5.06. The van der Waals surface area contributed by atoms with E-state index < -0.39 is 0 Å². The van der Waals surface area contributed by atoms with E-state index in [0.29, 0.717) is 0 Å². The highest BCUT2D eigenvalue weighted by atomic mass is 14.9. The number of benzene rings is 1. The van der Waals surface area contributed by atoms with Crippen molar-refractivity contribution < 1.29 is 0 Å². The monoisotopic (exact) mass is 271 g/mol. The minimum Gasteiger partial charge on any atom is -0.314 e. The molecule has 1 fully saturated rings. The first kappa shape index (κ1) is 14.1. The van der Waals surface area contributed by atoms with Crippen molar-refractivity contribution in [3.8, 4) is 0 Å². The molecule has 0 amide bonds. The lowest BCUT2D eigenvalue weighted by atomic mass is 9.79. The summed E-state index contributed by atoms with van der Waals surface area (Å²) in [4.78, 5) is 0. The van der Waals surface area contributed by atoms with Gasteiger partial charge in [0.25, 0.3) is 0 Å². The normalized spacial score (nSPS) is 23.4. The second-order valence-electron chi connectivity index (χ2n) is 6.85. The van der Waals surface area contributed by atoms with E-state index in [1.165, 1.54) is 57.9 Å². The molecular weight excluding hydrogens is 242 g/mol. The highest BCUT2D eigenvalue weighted by molar-refractivity contribution is 5.32. The molecule has 2 unspecified atom stereocenters. The van der Waals surface area contributed by atoms with Crippen molar-refractivity contribution in [2.75, 3.05) is 6.54 Å². The molecule has 1 aromatic rings. The molecule has 1 heteroatoms. The predicted molar refractivity (Wildman–Crippen MR) is 86.2 cm³/mol. The van der Waals surface area contributed by atoms with Gasteiger partial charge < -0.3 is 5.32 Å². The molecule has 0 saturated heterocycles. The van der Waals surface area contributed by atoms with Gasteiger partial charge >= 0.3 is 0 Å². The van der Waals surface area contributed by atoms with E-state index in [9.17, 15) is 0 Å². The van der Waals surface area contributed by atoms with Crippen LogP contribution in [0.4, 0.5) is 0 Å². The fraction of sp³-hybridized carbons (Fsp3) is 0.684. The van der Waals surface area contributed by atoms with Gasteiger partial charge in [-0.1, -0.05) is 44.0 Å². The van der Waals surface area contributed by atoms with E-state index in [2.05, 4.69) is 36.5 Å².